The van der Waals surface area contributed by atoms with Crippen molar-refractivity contribution in [2.24, 2.45) is 0 Å². The average molecular weight is 327 g/mol. The maximum absolute atomic E-state index is 12.0. The van der Waals surface area contributed by atoms with Crippen LogP contribution in [-0.2, 0) is 4.79 Å². The van der Waals surface area contributed by atoms with Crippen molar-refractivity contribution in [3.63, 3.8) is 0 Å². The Kier molecular flexibility index (Phi) is 5.78. The van der Waals surface area contributed by atoms with Crippen molar-refractivity contribution in [1.82, 2.24) is 5.32 Å². The maximum atomic E-state index is 12.0. The van der Waals surface area contributed by atoms with E-state index in [-0.39, 0.29) is 18.5 Å². The van der Waals surface area contributed by atoms with E-state index in [1.807, 2.05) is 32.0 Å². The van der Waals surface area contributed by atoms with Crippen molar-refractivity contribution in [3.8, 4) is 5.75 Å². The number of hydrogen-bond donors (Lipinski definition) is 3. The van der Waals surface area contributed by atoms with Gasteiger partial charge in [0.25, 0.3) is 5.91 Å². The zero-order chi connectivity index (χ0) is 17.5. The number of carbonyl (C=O) groups is 2. The number of rotatable bonds is 5. The highest BCUT2D eigenvalue weighted by Gasteiger charge is 2.06. The molecule has 3 N–H and O–H groups in total. The second-order valence-corrected chi connectivity index (χ2v) is 5.39. The Morgan fingerprint density at radius 3 is 2.17 bits per heavy atom. The SMILES string of the molecule is CNC(=O)Nc1ccc(NC(=O)COc2ccc(C)cc2C)cc1. The Bertz CT molecular complexity index is 727. The number of hydrogen-bond acceptors (Lipinski definition) is 3. The minimum atomic E-state index is -0.298. The molecule has 0 saturated heterocycles. The fraction of sp³-hybridized carbons (Fsp3) is 0.222. The average Bonchev–Trinajstić information content (AvgIpc) is 2.55. The molecule has 126 valence electrons. The van der Waals surface area contributed by atoms with Crippen LogP contribution in [0.1, 0.15) is 11.1 Å². The molecule has 6 heteroatoms. The third-order valence-corrected chi connectivity index (χ3v) is 3.34. The van der Waals surface area contributed by atoms with Gasteiger partial charge in [-0.25, -0.2) is 4.79 Å². The molecule has 24 heavy (non-hydrogen) atoms. The summed E-state index contributed by atoms with van der Waals surface area (Å²) in [5.74, 6) is 0.447. The fourth-order valence-electron chi connectivity index (χ4n) is 2.13. The highest BCUT2D eigenvalue weighted by molar-refractivity contribution is 5.93. The molecule has 0 spiro atoms. The summed E-state index contributed by atoms with van der Waals surface area (Å²) in [6, 6.07) is 12.3. The van der Waals surface area contributed by atoms with Crippen molar-refractivity contribution < 1.29 is 14.3 Å². The van der Waals surface area contributed by atoms with E-state index in [0.717, 1.165) is 11.1 Å². The van der Waals surface area contributed by atoms with E-state index in [0.29, 0.717) is 17.1 Å². The van der Waals surface area contributed by atoms with Gasteiger partial charge in [-0.2, -0.15) is 0 Å². The molecular formula is C18H21N3O3. The van der Waals surface area contributed by atoms with Crippen LogP contribution in [0, 0.1) is 13.8 Å². The van der Waals surface area contributed by atoms with Gasteiger partial charge in [0.15, 0.2) is 6.61 Å². The van der Waals surface area contributed by atoms with Crippen LogP contribution >= 0.6 is 0 Å². The van der Waals surface area contributed by atoms with Crippen LogP contribution in [-0.4, -0.2) is 25.6 Å². The summed E-state index contributed by atoms with van der Waals surface area (Å²) in [5.41, 5.74) is 3.41. The van der Waals surface area contributed by atoms with Crippen LogP contribution in [0.15, 0.2) is 42.5 Å². The first-order chi connectivity index (χ1) is 11.5. The number of benzene rings is 2. The largest absolute Gasteiger partial charge is 0.483 e. The van der Waals surface area contributed by atoms with Crippen molar-refractivity contribution in [2.45, 2.75) is 13.8 Å². The minimum absolute atomic E-state index is 0.0673. The number of carbonyl (C=O) groups excluding carboxylic acids is 2. The van der Waals surface area contributed by atoms with Crippen molar-refractivity contribution >= 4 is 23.3 Å². The normalized spacial score (nSPS) is 9.96. The van der Waals surface area contributed by atoms with Gasteiger partial charge < -0.3 is 20.7 Å². The third-order valence-electron chi connectivity index (χ3n) is 3.34. The first-order valence-electron chi connectivity index (χ1n) is 7.56. The molecule has 0 heterocycles. The van der Waals surface area contributed by atoms with Crippen molar-refractivity contribution in [2.75, 3.05) is 24.3 Å². The van der Waals surface area contributed by atoms with Gasteiger partial charge in [0, 0.05) is 18.4 Å². The Morgan fingerprint density at radius 2 is 1.58 bits per heavy atom. The number of aryl methyl sites for hydroxylation is 2. The second kappa shape index (κ2) is 8.01. The van der Waals surface area contributed by atoms with Crippen LogP contribution in [0.4, 0.5) is 16.2 Å². The van der Waals surface area contributed by atoms with Crippen LogP contribution < -0.4 is 20.7 Å². The number of anilines is 2. The molecule has 2 aromatic carbocycles. The van der Waals surface area contributed by atoms with Gasteiger partial charge in [-0.05, 0) is 49.7 Å². The van der Waals surface area contributed by atoms with Gasteiger partial charge in [-0.15, -0.1) is 0 Å². The maximum Gasteiger partial charge on any atom is 0.318 e. The van der Waals surface area contributed by atoms with Crippen LogP contribution in [0.2, 0.25) is 0 Å². The lowest BCUT2D eigenvalue weighted by molar-refractivity contribution is -0.118. The Hall–Kier alpha value is -3.02. The van der Waals surface area contributed by atoms with Gasteiger partial charge in [-0.1, -0.05) is 17.7 Å². The molecule has 0 aliphatic rings. The first kappa shape index (κ1) is 17.3. The van der Waals surface area contributed by atoms with E-state index in [4.69, 9.17) is 4.74 Å². The van der Waals surface area contributed by atoms with Crippen molar-refractivity contribution in [1.29, 1.82) is 0 Å². The summed E-state index contributed by atoms with van der Waals surface area (Å²) >= 11 is 0. The molecule has 0 radical (unpaired) electrons. The van der Waals surface area contributed by atoms with E-state index < -0.39 is 0 Å². The molecular weight excluding hydrogens is 306 g/mol. The van der Waals surface area contributed by atoms with Gasteiger partial charge in [-0.3, -0.25) is 4.79 Å². The van der Waals surface area contributed by atoms with E-state index >= 15 is 0 Å². The molecule has 0 aromatic heterocycles. The number of ether oxygens (including phenoxy) is 1. The molecule has 6 nitrogen and oxygen atoms in total. The standard InChI is InChI=1S/C18H21N3O3/c1-12-4-9-16(13(2)10-12)24-11-17(22)20-14-5-7-15(8-6-14)21-18(23)19-3/h4-10H,11H2,1-3H3,(H,20,22)(H2,19,21,23). The molecule has 0 saturated carbocycles. The van der Waals surface area contributed by atoms with E-state index in [1.165, 1.54) is 0 Å². The first-order valence-corrected chi connectivity index (χ1v) is 7.56. The fourth-order valence-corrected chi connectivity index (χ4v) is 2.13. The van der Waals surface area contributed by atoms with Crippen molar-refractivity contribution in [3.05, 3.63) is 53.6 Å². The zero-order valence-electron chi connectivity index (χ0n) is 14.0. The van der Waals surface area contributed by atoms with Crippen LogP contribution in [0.5, 0.6) is 5.75 Å². The summed E-state index contributed by atoms with van der Waals surface area (Å²) in [7, 11) is 1.54. The Morgan fingerprint density at radius 1 is 0.958 bits per heavy atom. The lowest BCUT2D eigenvalue weighted by atomic mass is 10.1. The van der Waals surface area contributed by atoms with Crippen LogP contribution in [0.3, 0.4) is 0 Å². The summed E-state index contributed by atoms with van der Waals surface area (Å²) in [6.45, 7) is 3.88. The lowest BCUT2D eigenvalue weighted by Crippen LogP contribution is -2.24. The number of amides is 3. The topological polar surface area (TPSA) is 79.5 Å². The van der Waals surface area contributed by atoms with E-state index in [9.17, 15) is 9.59 Å². The quantitative estimate of drug-likeness (QED) is 0.789. The van der Waals surface area contributed by atoms with E-state index in [2.05, 4.69) is 16.0 Å². The molecule has 3 amide bonds. The predicted molar refractivity (Wildman–Crippen MR) is 94.6 cm³/mol. The van der Waals surface area contributed by atoms with Gasteiger partial charge in [0.2, 0.25) is 0 Å². The third kappa shape index (κ3) is 5.01. The summed E-state index contributed by atoms with van der Waals surface area (Å²) in [5, 5.41) is 7.85. The number of nitrogens with one attached hydrogen (secondary N) is 3. The monoisotopic (exact) mass is 327 g/mol. The lowest BCUT2D eigenvalue weighted by Gasteiger charge is -2.10. The highest BCUT2D eigenvalue weighted by Crippen LogP contribution is 2.19. The zero-order valence-corrected chi connectivity index (χ0v) is 14.0. The molecule has 0 unspecified atom stereocenters. The second-order valence-electron chi connectivity index (χ2n) is 5.39. The Balaban J connectivity index is 1.86. The smallest absolute Gasteiger partial charge is 0.318 e. The molecule has 0 fully saturated rings. The number of urea groups is 1. The minimum Gasteiger partial charge on any atom is -0.483 e. The molecule has 2 aromatic rings. The van der Waals surface area contributed by atoms with Crippen LogP contribution in [0.25, 0.3) is 0 Å². The van der Waals surface area contributed by atoms with E-state index in [1.54, 1.807) is 31.3 Å². The summed E-state index contributed by atoms with van der Waals surface area (Å²) < 4.78 is 5.54. The summed E-state index contributed by atoms with van der Waals surface area (Å²) in [6.07, 6.45) is 0. The predicted octanol–water partition coefficient (Wildman–Crippen LogP) is 3.07. The molecule has 0 aliphatic heterocycles. The molecule has 0 aliphatic carbocycles. The molecule has 0 bridgehead atoms. The van der Waals surface area contributed by atoms with Gasteiger partial charge >= 0.3 is 6.03 Å². The van der Waals surface area contributed by atoms with Gasteiger partial charge in [0.1, 0.15) is 5.75 Å². The molecule has 0 atom stereocenters. The summed E-state index contributed by atoms with van der Waals surface area (Å²) in [4.78, 5) is 23.2. The molecule has 2 rings (SSSR count). The highest BCUT2D eigenvalue weighted by atomic mass is 16.5. The Labute approximate surface area is 141 Å². The van der Waals surface area contributed by atoms with Gasteiger partial charge in [0.05, 0.1) is 0 Å².